The van der Waals surface area contributed by atoms with E-state index in [1.165, 1.54) is 0 Å². The van der Waals surface area contributed by atoms with Crippen LogP contribution in [0.5, 0.6) is 5.75 Å². The summed E-state index contributed by atoms with van der Waals surface area (Å²) < 4.78 is 6.56. The van der Waals surface area contributed by atoms with E-state index in [9.17, 15) is 4.79 Å². The molecule has 0 aliphatic carbocycles. The zero-order valence-corrected chi connectivity index (χ0v) is 11.3. The van der Waals surface area contributed by atoms with Gasteiger partial charge in [0.05, 0.1) is 0 Å². The minimum Gasteiger partial charge on any atom is -0.489 e. The van der Waals surface area contributed by atoms with Crippen LogP contribution in [-0.2, 0) is 6.61 Å². The predicted molar refractivity (Wildman–Crippen MR) is 75.3 cm³/mol. The van der Waals surface area contributed by atoms with Gasteiger partial charge in [-0.05, 0) is 46.4 Å². The molecule has 3 heteroatoms. The minimum absolute atomic E-state index is 0.539. The summed E-state index contributed by atoms with van der Waals surface area (Å²) in [6.45, 7) is 0.539. The number of carbonyl (C=O) groups excluding carboxylic acids is 1. The molecule has 0 saturated carbocycles. The third kappa shape index (κ3) is 3.30. The van der Waals surface area contributed by atoms with Gasteiger partial charge in [0.2, 0.25) is 0 Å². The van der Waals surface area contributed by atoms with Crippen LogP contribution in [0.15, 0.2) is 48.5 Å². The van der Waals surface area contributed by atoms with E-state index in [0.29, 0.717) is 12.2 Å². The maximum Gasteiger partial charge on any atom is 0.151 e. The van der Waals surface area contributed by atoms with Crippen LogP contribution in [-0.4, -0.2) is 6.29 Å². The Hall–Kier alpha value is -1.36. The Kier molecular flexibility index (Phi) is 4.14. The average molecular weight is 338 g/mol. The van der Waals surface area contributed by atoms with Crippen LogP contribution in [0, 0.1) is 3.57 Å². The van der Waals surface area contributed by atoms with E-state index in [-0.39, 0.29) is 0 Å². The molecule has 0 bridgehead atoms. The lowest BCUT2D eigenvalue weighted by Crippen LogP contribution is -1.96. The van der Waals surface area contributed by atoms with Crippen molar-refractivity contribution in [3.8, 4) is 5.75 Å². The molecule has 0 fully saturated rings. The highest BCUT2D eigenvalue weighted by atomic mass is 127. The molecule has 0 heterocycles. The van der Waals surface area contributed by atoms with Gasteiger partial charge < -0.3 is 4.74 Å². The van der Waals surface area contributed by atoms with Crippen LogP contribution in [0.2, 0.25) is 0 Å². The second-order valence-corrected chi connectivity index (χ2v) is 4.74. The molecule has 86 valence electrons. The third-order valence-corrected chi connectivity index (χ3v) is 3.28. The summed E-state index contributed by atoms with van der Waals surface area (Å²) in [5, 5.41) is 0. The van der Waals surface area contributed by atoms with E-state index in [1.807, 2.05) is 42.5 Å². The van der Waals surface area contributed by atoms with Crippen molar-refractivity contribution >= 4 is 28.9 Å². The zero-order chi connectivity index (χ0) is 12.1. The summed E-state index contributed by atoms with van der Waals surface area (Å²) in [5.74, 6) is 0.781. The van der Waals surface area contributed by atoms with E-state index >= 15 is 0 Å². The maximum absolute atomic E-state index is 10.7. The van der Waals surface area contributed by atoms with Gasteiger partial charge in [0.15, 0.2) is 6.29 Å². The van der Waals surface area contributed by atoms with Crippen molar-refractivity contribution in [2.75, 3.05) is 0 Å². The number of hydrogen-bond donors (Lipinski definition) is 0. The Bertz CT molecular complexity index is 509. The van der Waals surface area contributed by atoms with Crippen LogP contribution < -0.4 is 4.74 Å². The van der Waals surface area contributed by atoms with Crippen molar-refractivity contribution in [1.82, 2.24) is 0 Å². The second-order valence-electron chi connectivity index (χ2n) is 3.58. The molecule has 0 unspecified atom stereocenters. The Labute approximate surface area is 114 Å². The lowest BCUT2D eigenvalue weighted by Gasteiger charge is -2.07. The van der Waals surface area contributed by atoms with Gasteiger partial charge in [0.25, 0.3) is 0 Å². The molecule has 2 nitrogen and oxygen atoms in total. The van der Waals surface area contributed by atoms with Crippen molar-refractivity contribution < 1.29 is 9.53 Å². The summed E-state index contributed by atoms with van der Waals surface area (Å²) in [4.78, 5) is 10.7. The van der Waals surface area contributed by atoms with Crippen LogP contribution in [0.4, 0.5) is 0 Å². The summed E-state index contributed by atoms with van der Waals surface area (Å²) in [5.41, 5.74) is 1.82. The number of ether oxygens (including phenoxy) is 1. The largest absolute Gasteiger partial charge is 0.489 e. The number of aldehydes is 1. The highest BCUT2D eigenvalue weighted by Crippen LogP contribution is 2.19. The van der Waals surface area contributed by atoms with E-state index in [4.69, 9.17) is 4.74 Å². The molecule has 17 heavy (non-hydrogen) atoms. The molecule has 0 aliphatic rings. The number of carbonyl (C=O) groups is 1. The lowest BCUT2D eigenvalue weighted by atomic mass is 10.2. The van der Waals surface area contributed by atoms with Gasteiger partial charge in [0, 0.05) is 9.13 Å². The quantitative estimate of drug-likeness (QED) is 0.628. The molecule has 0 aliphatic heterocycles. The first-order valence-electron chi connectivity index (χ1n) is 5.21. The highest BCUT2D eigenvalue weighted by molar-refractivity contribution is 14.1. The Morgan fingerprint density at radius 3 is 2.53 bits per heavy atom. The molecular formula is C14H11IO2. The van der Waals surface area contributed by atoms with E-state index < -0.39 is 0 Å². The first-order valence-corrected chi connectivity index (χ1v) is 6.29. The van der Waals surface area contributed by atoms with Crippen molar-refractivity contribution in [3.63, 3.8) is 0 Å². The monoisotopic (exact) mass is 338 g/mol. The number of rotatable bonds is 4. The molecule has 0 radical (unpaired) electrons. The molecule has 0 aromatic heterocycles. The van der Waals surface area contributed by atoms with Crippen molar-refractivity contribution in [1.29, 1.82) is 0 Å². The summed E-state index contributed by atoms with van der Waals surface area (Å²) in [6, 6.07) is 15.4. The Balaban J connectivity index is 2.05. The van der Waals surface area contributed by atoms with Gasteiger partial charge >= 0.3 is 0 Å². The third-order valence-electron chi connectivity index (χ3n) is 2.35. The molecule has 0 saturated heterocycles. The Morgan fingerprint density at radius 2 is 1.88 bits per heavy atom. The van der Waals surface area contributed by atoms with Gasteiger partial charge in [-0.2, -0.15) is 0 Å². The molecule has 0 N–H and O–H groups in total. The van der Waals surface area contributed by atoms with Gasteiger partial charge in [-0.3, -0.25) is 4.79 Å². The number of hydrogen-bond acceptors (Lipinski definition) is 2. The normalized spacial score (nSPS) is 9.94. The lowest BCUT2D eigenvalue weighted by molar-refractivity contribution is 0.112. The van der Waals surface area contributed by atoms with Crippen molar-refractivity contribution in [2.24, 2.45) is 0 Å². The van der Waals surface area contributed by atoms with Crippen LogP contribution in [0.1, 0.15) is 15.9 Å². The zero-order valence-electron chi connectivity index (χ0n) is 9.10. The fraction of sp³-hybridized carbons (Fsp3) is 0.0714. The highest BCUT2D eigenvalue weighted by Gasteiger charge is 2.01. The maximum atomic E-state index is 10.7. The van der Waals surface area contributed by atoms with Gasteiger partial charge in [0.1, 0.15) is 12.4 Å². The minimum atomic E-state index is 0.539. The van der Waals surface area contributed by atoms with Crippen LogP contribution >= 0.6 is 22.6 Å². The molecule has 2 aromatic carbocycles. The standard InChI is InChI=1S/C14H11IO2/c15-14-8-13(7-6-12(14)9-16)17-10-11-4-2-1-3-5-11/h1-9H,10H2. The first-order chi connectivity index (χ1) is 8.29. The fourth-order valence-corrected chi connectivity index (χ4v) is 2.05. The second kappa shape index (κ2) is 5.82. The molecule has 0 atom stereocenters. The topological polar surface area (TPSA) is 26.3 Å². The van der Waals surface area contributed by atoms with Gasteiger partial charge in [-0.15, -0.1) is 0 Å². The van der Waals surface area contributed by atoms with E-state index in [1.54, 1.807) is 6.07 Å². The average Bonchev–Trinajstić information content (AvgIpc) is 2.38. The van der Waals surface area contributed by atoms with Crippen molar-refractivity contribution in [2.45, 2.75) is 6.61 Å². The smallest absolute Gasteiger partial charge is 0.151 e. The fourth-order valence-electron chi connectivity index (χ4n) is 1.43. The molecule has 2 aromatic rings. The first kappa shape index (κ1) is 12.1. The van der Waals surface area contributed by atoms with Gasteiger partial charge in [-0.25, -0.2) is 0 Å². The molecule has 0 amide bonds. The number of halogens is 1. The predicted octanol–water partition coefficient (Wildman–Crippen LogP) is 3.68. The van der Waals surface area contributed by atoms with E-state index in [2.05, 4.69) is 22.6 Å². The van der Waals surface area contributed by atoms with Crippen LogP contribution in [0.3, 0.4) is 0 Å². The van der Waals surface area contributed by atoms with E-state index in [0.717, 1.165) is 21.2 Å². The summed E-state index contributed by atoms with van der Waals surface area (Å²) >= 11 is 2.13. The number of benzene rings is 2. The van der Waals surface area contributed by atoms with Crippen molar-refractivity contribution in [3.05, 3.63) is 63.2 Å². The molecule has 0 spiro atoms. The van der Waals surface area contributed by atoms with Gasteiger partial charge in [-0.1, -0.05) is 30.3 Å². The Morgan fingerprint density at radius 1 is 1.12 bits per heavy atom. The summed E-state index contributed by atoms with van der Waals surface area (Å²) in [6.07, 6.45) is 0.850. The summed E-state index contributed by atoms with van der Waals surface area (Å²) in [7, 11) is 0. The van der Waals surface area contributed by atoms with Crippen LogP contribution in [0.25, 0.3) is 0 Å². The molecular weight excluding hydrogens is 327 g/mol. The SMILES string of the molecule is O=Cc1ccc(OCc2ccccc2)cc1I. The molecule has 2 rings (SSSR count).